The molecule has 0 aliphatic carbocycles. The number of hydrogen-bond donors (Lipinski definition) is 1. The lowest BCUT2D eigenvalue weighted by atomic mass is 10.1. The van der Waals surface area contributed by atoms with Crippen LogP contribution in [0.25, 0.3) is 11.0 Å². The van der Waals surface area contributed by atoms with Gasteiger partial charge in [-0.1, -0.05) is 19.6 Å². The monoisotopic (exact) mass is 483 g/mol. The number of carboxylic acid groups (broad SMARTS) is 1. The van der Waals surface area contributed by atoms with Crippen molar-refractivity contribution in [2.24, 2.45) is 0 Å². The predicted octanol–water partition coefficient (Wildman–Crippen LogP) is 4.77. The van der Waals surface area contributed by atoms with E-state index in [-0.39, 0.29) is 6.10 Å². The molecule has 29 heavy (non-hydrogen) atoms. The maximum absolute atomic E-state index is 11.0. The SMILES string of the molecule is C[Si](C)(C)CCOCn1cc(Br)c2c(COC3CCN(C(=O)O)CC3)ccnc21. The van der Waals surface area contributed by atoms with Gasteiger partial charge in [-0.05, 0) is 46.4 Å². The van der Waals surface area contributed by atoms with E-state index in [1.807, 2.05) is 16.8 Å². The summed E-state index contributed by atoms with van der Waals surface area (Å²) in [5.74, 6) is 0. The van der Waals surface area contributed by atoms with E-state index in [4.69, 9.17) is 14.6 Å². The van der Waals surface area contributed by atoms with E-state index in [1.165, 1.54) is 4.90 Å². The number of aromatic nitrogens is 2. The first kappa shape index (κ1) is 22.3. The molecule has 1 aliphatic heterocycles. The van der Waals surface area contributed by atoms with Crippen molar-refractivity contribution in [3.63, 3.8) is 0 Å². The fourth-order valence-corrected chi connectivity index (χ4v) is 4.85. The molecule has 0 atom stereocenters. The molecule has 160 valence electrons. The second-order valence-corrected chi connectivity index (χ2v) is 15.2. The number of hydrogen-bond acceptors (Lipinski definition) is 4. The predicted molar refractivity (Wildman–Crippen MR) is 119 cm³/mol. The topological polar surface area (TPSA) is 76.8 Å². The average molecular weight is 484 g/mol. The number of ether oxygens (including phenoxy) is 2. The molecule has 3 rings (SSSR count). The molecule has 9 heteroatoms. The van der Waals surface area contributed by atoms with E-state index < -0.39 is 14.2 Å². The zero-order valence-electron chi connectivity index (χ0n) is 17.4. The van der Waals surface area contributed by atoms with Gasteiger partial charge in [0, 0.05) is 50.0 Å². The Morgan fingerprint density at radius 1 is 1.34 bits per heavy atom. The summed E-state index contributed by atoms with van der Waals surface area (Å²) >= 11 is 3.66. The first-order valence-electron chi connectivity index (χ1n) is 10.0. The van der Waals surface area contributed by atoms with Crippen LogP contribution < -0.4 is 0 Å². The molecular weight excluding hydrogens is 454 g/mol. The summed E-state index contributed by atoms with van der Waals surface area (Å²) in [6, 6.07) is 3.12. The number of likely N-dealkylation sites (tertiary alicyclic amines) is 1. The first-order chi connectivity index (χ1) is 13.7. The highest BCUT2D eigenvalue weighted by Crippen LogP contribution is 2.29. The van der Waals surface area contributed by atoms with Gasteiger partial charge < -0.3 is 24.0 Å². The van der Waals surface area contributed by atoms with Crippen molar-refractivity contribution in [3.05, 3.63) is 28.5 Å². The number of fused-ring (bicyclic) bond motifs is 1. The minimum Gasteiger partial charge on any atom is -0.465 e. The normalized spacial score (nSPS) is 15.9. The van der Waals surface area contributed by atoms with Gasteiger partial charge >= 0.3 is 6.09 Å². The summed E-state index contributed by atoms with van der Waals surface area (Å²) in [7, 11) is -1.10. The molecule has 1 amide bonds. The van der Waals surface area contributed by atoms with Crippen molar-refractivity contribution in [3.8, 4) is 0 Å². The van der Waals surface area contributed by atoms with Gasteiger partial charge in [-0.2, -0.15) is 0 Å². The highest BCUT2D eigenvalue weighted by atomic mass is 79.9. The molecule has 1 saturated heterocycles. The standard InChI is InChI=1S/C20H30BrN3O4Si/c1-29(2,3)11-10-27-14-24-12-17(21)18-15(4-7-22-19(18)24)13-28-16-5-8-23(9-6-16)20(25)26/h4,7,12,16H,5-6,8-11,13-14H2,1-3H3,(H,25,26). The van der Waals surface area contributed by atoms with E-state index in [2.05, 4.69) is 40.6 Å². The molecule has 0 aromatic carbocycles. The van der Waals surface area contributed by atoms with Crippen LogP contribution >= 0.6 is 15.9 Å². The molecule has 0 radical (unpaired) electrons. The molecule has 1 N–H and O–H groups in total. The van der Waals surface area contributed by atoms with Crippen LogP contribution in [0, 0.1) is 0 Å². The Morgan fingerprint density at radius 3 is 2.72 bits per heavy atom. The van der Waals surface area contributed by atoms with Crippen molar-refractivity contribution in [2.45, 2.75) is 58.0 Å². The Bertz CT molecular complexity index is 844. The lowest BCUT2D eigenvalue weighted by Gasteiger charge is -2.30. The van der Waals surface area contributed by atoms with Gasteiger partial charge in [0.05, 0.1) is 12.7 Å². The summed E-state index contributed by atoms with van der Waals surface area (Å²) in [4.78, 5) is 17.0. The minimum absolute atomic E-state index is 0.0829. The number of piperidine rings is 1. The van der Waals surface area contributed by atoms with Crippen LogP contribution in [0.5, 0.6) is 0 Å². The molecule has 1 fully saturated rings. The van der Waals surface area contributed by atoms with E-state index in [0.29, 0.717) is 26.4 Å². The van der Waals surface area contributed by atoms with E-state index in [9.17, 15) is 4.79 Å². The Kier molecular flexibility index (Phi) is 7.36. The molecule has 3 heterocycles. The third-order valence-corrected chi connectivity index (χ3v) is 7.52. The molecular formula is C20H30BrN3O4Si. The zero-order valence-corrected chi connectivity index (χ0v) is 19.9. The Labute approximate surface area is 181 Å². The van der Waals surface area contributed by atoms with Gasteiger partial charge in [0.25, 0.3) is 0 Å². The average Bonchev–Trinajstić information content (AvgIpc) is 2.99. The smallest absolute Gasteiger partial charge is 0.407 e. The van der Waals surface area contributed by atoms with Crippen LogP contribution in [-0.4, -0.2) is 59.5 Å². The summed E-state index contributed by atoms with van der Waals surface area (Å²) < 4.78 is 15.0. The number of rotatable bonds is 8. The highest BCUT2D eigenvalue weighted by molar-refractivity contribution is 9.10. The molecule has 7 nitrogen and oxygen atoms in total. The van der Waals surface area contributed by atoms with Crippen molar-refractivity contribution < 1.29 is 19.4 Å². The Balaban J connectivity index is 1.61. The van der Waals surface area contributed by atoms with Crippen LogP contribution in [-0.2, 0) is 22.8 Å². The fourth-order valence-electron chi connectivity index (χ4n) is 3.41. The molecule has 1 aliphatic rings. The van der Waals surface area contributed by atoms with E-state index >= 15 is 0 Å². The number of nitrogens with zero attached hydrogens (tertiary/aromatic N) is 3. The van der Waals surface area contributed by atoms with Crippen LogP contribution in [0.3, 0.4) is 0 Å². The van der Waals surface area contributed by atoms with Crippen molar-refractivity contribution >= 4 is 41.1 Å². The van der Waals surface area contributed by atoms with E-state index in [1.54, 1.807) is 6.20 Å². The largest absolute Gasteiger partial charge is 0.465 e. The van der Waals surface area contributed by atoms with Crippen molar-refractivity contribution in [1.29, 1.82) is 0 Å². The van der Waals surface area contributed by atoms with Gasteiger partial charge in [-0.25, -0.2) is 9.78 Å². The summed E-state index contributed by atoms with van der Waals surface area (Å²) in [6.07, 6.45) is 4.51. The highest BCUT2D eigenvalue weighted by Gasteiger charge is 2.23. The van der Waals surface area contributed by atoms with Gasteiger partial charge in [0.2, 0.25) is 0 Å². The summed E-state index contributed by atoms with van der Waals surface area (Å²) in [6.45, 7) is 9.82. The quantitative estimate of drug-likeness (QED) is 0.432. The van der Waals surface area contributed by atoms with Gasteiger partial charge in [0.15, 0.2) is 0 Å². The third-order valence-electron chi connectivity index (χ3n) is 5.21. The lowest BCUT2D eigenvalue weighted by Crippen LogP contribution is -2.40. The molecule has 0 spiro atoms. The first-order valence-corrected chi connectivity index (χ1v) is 14.5. The number of carbonyl (C=O) groups is 1. The Morgan fingerprint density at radius 2 is 2.07 bits per heavy atom. The van der Waals surface area contributed by atoms with Crippen molar-refractivity contribution in [1.82, 2.24) is 14.5 Å². The summed E-state index contributed by atoms with van der Waals surface area (Å²) in [5, 5.41) is 10.1. The maximum atomic E-state index is 11.0. The molecule has 0 saturated carbocycles. The zero-order chi connectivity index (χ0) is 21.0. The maximum Gasteiger partial charge on any atom is 0.407 e. The number of amides is 1. The molecule has 2 aromatic rings. The minimum atomic E-state index is -1.10. The lowest BCUT2D eigenvalue weighted by molar-refractivity contribution is 0.000786. The third kappa shape index (κ3) is 6.03. The molecule has 0 bridgehead atoms. The fraction of sp³-hybridized carbons (Fsp3) is 0.600. The van der Waals surface area contributed by atoms with E-state index in [0.717, 1.165) is 46.6 Å². The Hall–Kier alpha value is -1.42. The molecule has 2 aromatic heterocycles. The van der Waals surface area contributed by atoms with Gasteiger partial charge in [-0.3, -0.25) is 0 Å². The number of pyridine rings is 1. The van der Waals surface area contributed by atoms with Crippen LogP contribution in [0.15, 0.2) is 22.9 Å². The van der Waals surface area contributed by atoms with Crippen LogP contribution in [0.1, 0.15) is 18.4 Å². The van der Waals surface area contributed by atoms with Crippen LogP contribution in [0.2, 0.25) is 25.7 Å². The summed E-state index contributed by atoms with van der Waals surface area (Å²) in [5.41, 5.74) is 1.95. The van der Waals surface area contributed by atoms with Gasteiger partial charge in [-0.15, -0.1) is 0 Å². The van der Waals surface area contributed by atoms with Crippen LogP contribution in [0.4, 0.5) is 4.79 Å². The van der Waals surface area contributed by atoms with Gasteiger partial charge in [0.1, 0.15) is 12.4 Å². The molecule has 0 unspecified atom stereocenters. The van der Waals surface area contributed by atoms with Crippen molar-refractivity contribution in [2.75, 3.05) is 19.7 Å². The second-order valence-electron chi connectivity index (χ2n) is 8.74. The second kappa shape index (κ2) is 9.59. The number of halogens is 1.